The molecule has 1 fully saturated rings. The normalized spacial score (nSPS) is 17.3. The van der Waals surface area contributed by atoms with Gasteiger partial charge in [0.05, 0.1) is 26.4 Å². The van der Waals surface area contributed by atoms with E-state index in [0.29, 0.717) is 24.6 Å². The van der Waals surface area contributed by atoms with E-state index in [0.717, 1.165) is 44.8 Å². The first-order chi connectivity index (χ1) is 15.2. The molecule has 0 unspecified atom stereocenters. The zero-order valence-corrected chi connectivity index (χ0v) is 18.2. The number of hydrogen-bond acceptors (Lipinski definition) is 7. The topological polar surface area (TPSA) is 76.8 Å². The number of amides is 1. The fourth-order valence-electron chi connectivity index (χ4n) is 4.12. The summed E-state index contributed by atoms with van der Waals surface area (Å²) in [6, 6.07) is 11.8. The minimum absolute atomic E-state index is 0.108. The molecule has 4 heterocycles. The van der Waals surface area contributed by atoms with Crippen molar-refractivity contribution in [3.05, 3.63) is 58.8 Å². The first kappa shape index (κ1) is 20.0. The molecule has 0 radical (unpaired) electrons. The van der Waals surface area contributed by atoms with E-state index in [1.54, 1.807) is 20.4 Å². The third-order valence-electron chi connectivity index (χ3n) is 5.57. The van der Waals surface area contributed by atoms with Crippen LogP contribution < -0.4 is 10.1 Å². The largest absolute Gasteiger partial charge is 0.493 e. The first-order valence-electron chi connectivity index (χ1n) is 10.2. The van der Waals surface area contributed by atoms with Gasteiger partial charge in [0, 0.05) is 42.7 Å². The Morgan fingerprint density at radius 1 is 1.35 bits per heavy atom. The van der Waals surface area contributed by atoms with Gasteiger partial charge in [-0.2, -0.15) is 0 Å². The van der Waals surface area contributed by atoms with Gasteiger partial charge in [0.2, 0.25) is 0 Å². The maximum Gasteiger partial charge on any atom is 0.261 e. The molecular formula is C23H23N3O4S. The van der Waals surface area contributed by atoms with Gasteiger partial charge in [-0.05, 0) is 18.2 Å². The van der Waals surface area contributed by atoms with E-state index in [1.165, 1.54) is 11.3 Å². The van der Waals surface area contributed by atoms with Gasteiger partial charge in [-0.15, -0.1) is 11.3 Å². The third-order valence-corrected chi connectivity index (χ3v) is 6.70. The van der Waals surface area contributed by atoms with Gasteiger partial charge in [-0.25, -0.2) is 4.98 Å². The van der Waals surface area contributed by atoms with Crippen molar-refractivity contribution in [1.29, 1.82) is 0 Å². The molecule has 1 atom stereocenters. The highest BCUT2D eigenvalue weighted by Crippen LogP contribution is 2.37. The number of furan rings is 1. The average Bonchev–Trinajstić information content (AvgIpc) is 3.39. The fourth-order valence-corrected chi connectivity index (χ4v) is 5.26. The van der Waals surface area contributed by atoms with Crippen LogP contribution in [0.25, 0.3) is 21.2 Å². The quantitative estimate of drug-likeness (QED) is 0.509. The number of benzene rings is 1. The van der Waals surface area contributed by atoms with Crippen molar-refractivity contribution in [3.63, 3.8) is 0 Å². The number of carbonyl (C=O) groups is 1. The highest BCUT2D eigenvalue weighted by molar-refractivity contribution is 7.20. The van der Waals surface area contributed by atoms with Crippen molar-refractivity contribution in [2.75, 3.05) is 33.9 Å². The highest BCUT2D eigenvalue weighted by atomic mass is 32.1. The lowest BCUT2D eigenvalue weighted by atomic mass is 10.0. The number of hydrogen-bond donors (Lipinski definition) is 1. The van der Waals surface area contributed by atoms with Crippen molar-refractivity contribution in [1.82, 2.24) is 15.2 Å². The van der Waals surface area contributed by atoms with Crippen LogP contribution in [-0.2, 0) is 11.3 Å². The average molecular weight is 438 g/mol. The molecule has 31 heavy (non-hydrogen) atoms. The van der Waals surface area contributed by atoms with E-state index in [-0.39, 0.29) is 12.0 Å². The van der Waals surface area contributed by atoms with Crippen molar-refractivity contribution >= 4 is 38.4 Å². The molecule has 0 saturated carbocycles. The van der Waals surface area contributed by atoms with E-state index in [9.17, 15) is 4.79 Å². The smallest absolute Gasteiger partial charge is 0.261 e. The minimum atomic E-state index is -0.210. The van der Waals surface area contributed by atoms with E-state index >= 15 is 0 Å². The van der Waals surface area contributed by atoms with Crippen LogP contribution in [0, 0.1) is 0 Å². The molecule has 1 aromatic carbocycles. The van der Waals surface area contributed by atoms with Crippen LogP contribution in [0.4, 0.5) is 0 Å². The molecule has 5 rings (SSSR count). The van der Waals surface area contributed by atoms with Crippen LogP contribution in [0.15, 0.2) is 47.0 Å². The summed E-state index contributed by atoms with van der Waals surface area (Å²) in [6.07, 6.45) is 1.54. The molecule has 1 aliphatic heterocycles. The summed E-state index contributed by atoms with van der Waals surface area (Å²) in [4.78, 5) is 20.8. The summed E-state index contributed by atoms with van der Waals surface area (Å²) < 4.78 is 17.6. The summed E-state index contributed by atoms with van der Waals surface area (Å²) >= 11 is 1.41. The van der Waals surface area contributed by atoms with Crippen molar-refractivity contribution in [2.45, 2.75) is 12.6 Å². The maximum atomic E-state index is 12.6. The Balaban J connectivity index is 1.43. The Kier molecular flexibility index (Phi) is 5.35. The molecule has 8 heteroatoms. The number of carbonyl (C=O) groups excluding carboxylic acids is 1. The Bertz CT molecular complexity index is 1250. The number of fused-ring (bicyclic) bond motifs is 2. The molecule has 0 spiro atoms. The van der Waals surface area contributed by atoms with Gasteiger partial charge in [-0.1, -0.05) is 18.2 Å². The van der Waals surface area contributed by atoms with E-state index in [1.807, 2.05) is 30.3 Å². The number of nitrogens with one attached hydrogen (secondary N) is 1. The van der Waals surface area contributed by atoms with Crippen molar-refractivity contribution in [3.8, 4) is 5.75 Å². The lowest BCUT2D eigenvalue weighted by Crippen LogP contribution is -2.38. The fraction of sp³-hybridized carbons (Fsp3) is 0.304. The van der Waals surface area contributed by atoms with Gasteiger partial charge in [-0.3, -0.25) is 9.69 Å². The maximum absolute atomic E-state index is 12.6. The highest BCUT2D eigenvalue weighted by Gasteiger charge is 2.30. The van der Waals surface area contributed by atoms with Crippen LogP contribution in [0.1, 0.15) is 27.1 Å². The third kappa shape index (κ3) is 3.67. The van der Waals surface area contributed by atoms with Gasteiger partial charge < -0.3 is 19.2 Å². The zero-order chi connectivity index (χ0) is 21.4. The Morgan fingerprint density at radius 2 is 2.26 bits per heavy atom. The molecule has 4 aromatic rings. The zero-order valence-electron chi connectivity index (χ0n) is 17.4. The standard InChI is InChI=1S/C23H23N3O4S/c1-24-22(27)21-19(16-6-4-8-25-23(16)31-21)18-13-26(9-10-29-18)12-15-11-14-5-3-7-17(28-2)20(14)30-15/h3-8,11,18H,9-10,12-13H2,1-2H3,(H,24,27)/t18-/m0/s1. The summed E-state index contributed by atoms with van der Waals surface area (Å²) in [7, 11) is 3.29. The monoisotopic (exact) mass is 437 g/mol. The molecule has 1 amide bonds. The second kappa shape index (κ2) is 8.30. The second-order valence-corrected chi connectivity index (χ2v) is 8.47. The summed E-state index contributed by atoms with van der Waals surface area (Å²) in [5, 5.41) is 4.75. The minimum Gasteiger partial charge on any atom is -0.493 e. The van der Waals surface area contributed by atoms with Gasteiger partial charge in [0.1, 0.15) is 15.5 Å². The van der Waals surface area contributed by atoms with Gasteiger partial charge in [0.25, 0.3) is 5.91 Å². The predicted molar refractivity (Wildman–Crippen MR) is 120 cm³/mol. The molecule has 0 bridgehead atoms. The number of thiophene rings is 1. The molecule has 7 nitrogen and oxygen atoms in total. The molecule has 0 aliphatic carbocycles. The van der Waals surface area contributed by atoms with Crippen LogP contribution >= 0.6 is 11.3 Å². The van der Waals surface area contributed by atoms with Crippen LogP contribution in [0.5, 0.6) is 5.75 Å². The summed E-state index contributed by atoms with van der Waals surface area (Å²) in [5.74, 6) is 1.50. The number of pyridine rings is 1. The van der Waals surface area contributed by atoms with Crippen LogP contribution in [0.2, 0.25) is 0 Å². The first-order valence-corrected chi connectivity index (χ1v) is 11.0. The number of rotatable bonds is 5. The number of para-hydroxylation sites is 1. The molecular weight excluding hydrogens is 414 g/mol. The number of methoxy groups -OCH3 is 1. The van der Waals surface area contributed by atoms with Crippen molar-refractivity contribution < 1.29 is 18.7 Å². The lowest BCUT2D eigenvalue weighted by molar-refractivity contribution is -0.0339. The second-order valence-electron chi connectivity index (χ2n) is 7.47. The lowest BCUT2D eigenvalue weighted by Gasteiger charge is -2.32. The molecule has 1 aliphatic rings. The van der Waals surface area contributed by atoms with Gasteiger partial charge >= 0.3 is 0 Å². The van der Waals surface area contributed by atoms with Crippen molar-refractivity contribution in [2.24, 2.45) is 0 Å². The predicted octanol–water partition coefficient (Wildman–Crippen LogP) is 3.98. The molecule has 160 valence electrons. The van der Waals surface area contributed by atoms with Gasteiger partial charge in [0.15, 0.2) is 11.3 Å². The number of nitrogens with zero attached hydrogens (tertiary/aromatic N) is 2. The number of morpholine rings is 1. The Hall–Kier alpha value is -2.94. The Morgan fingerprint density at radius 3 is 3.10 bits per heavy atom. The SMILES string of the molecule is CNC(=O)c1sc2ncccc2c1[C@@H]1CN(Cc2cc3cccc(OC)c3o2)CCO1. The van der Waals surface area contributed by atoms with Crippen LogP contribution in [-0.4, -0.2) is 49.6 Å². The van der Waals surface area contributed by atoms with E-state index in [2.05, 4.69) is 21.3 Å². The number of aromatic nitrogens is 1. The number of ether oxygens (including phenoxy) is 2. The molecule has 3 aromatic heterocycles. The molecule has 1 saturated heterocycles. The summed E-state index contributed by atoms with van der Waals surface area (Å²) in [5.41, 5.74) is 1.69. The van der Waals surface area contributed by atoms with E-state index in [4.69, 9.17) is 13.9 Å². The Labute approximate surface area is 183 Å². The molecule has 1 N–H and O–H groups in total. The van der Waals surface area contributed by atoms with E-state index < -0.39 is 0 Å². The van der Waals surface area contributed by atoms with Crippen LogP contribution in [0.3, 0.4) is 0 Å². The summed E-state index contributed by atoms with van der Waals surface area (Å²) in [6.45, 7) is 2.70.